The maximum absolute atomic E-state index is 13.3. The molecule has 1 aromatic rings. The lowest BCUT2D eigenvalue weighted by Gasteiger charge is -2.34. The molecular formula is C25H40N4O4. The summed E-state index contributed by atoms with van der Waals surface area (Å²) in [5.74, 6) is -0.769. The molecule has 1 aromatic heterocycles. The first-order chi connectivity index (χ1) is 15.7. The third-order valence-corrected chi connectivity index (χ3v) is 6.92. The Morgan fingerprint density at radius 1 is 1.12 bits per heavy atom. The maximum Gasteiger partial charge on any atom is 0.340 e. The summed E-state index contributed by atoms with van der Waals surface area (Å²) in [5, 5.41) is 3.09. The highest BCUT2D eigenvalue weighted by Crippen LogP contribution is 2.24. The van der Waals surface area contributed by atoms with Crippen LogP contribution in [-0.2, 0) is 9.53 Å². The van der Waals surface area contributed by atoms with Crippen molar-refractivity contribution >= 4 is 17.8 Å². The molecule has 8 nitrogen and oxygen atoms in total. The van der Waals surface area contributed by atoms with E-state index in [4.69, 9.17) is 4.74 Å². The summed E-state index contributed by atoms with van der Waals surface area (Å²) >= 11 is 0. The number of hydrogen-bond acceptors (Lipinski definition) is 5. The van der Waals surface area contributed by atoms with Crippen LogP contribution < -0.4 is 5.32 Å². The minimum Gasteiger partial charge on any atom is -0.459 e. The van der Waals surface area contributed by atoms with E-state index in [0.717, 1.165) is 25.9 Å². The Balaban J connectivity index is 1.58. The minimum absolute atomic E-state index is 0.0257. The molecule has 2 fully saturated rings. The quantitative estimate of drug-likeness (QED) is 0.610. The molecule has 0 bridgehead atoms. The average Bonchev–Trinajstić information content (AvgIpc) is 3.08. The molecule has 0 spiro atoms. The van der Waals surface area contributed by atoms with Crippen LogP contribution in [0.2, 0.25) is 0 Å². The number of likely N-dealkylation sites (tertiary alicyclic amines) is 2. The zero-order valence-electron chi connectivity index (χ0n) is 20.8. The predicted octanol–water partition coefficient (Wildman–Crippen LogP) is 3.04. The summed E-state index contributed by atoms with van der Waals surface area (Å²) in [6.45, 7) is 13.0. The van der Waals surface area contributed by atoms with Crippen LogP contribution in [-0.4, -0.2) is 77.4 Å². The standard InChI is InChI=1S/C25H40N4O4/c1-16(2)33-25(32)21-18(4)22(27-19(21)5)24(31)29-13-8-10-20(15-29)23(30)26-11-14-28-12-7-6-9-17(28)3/h16-17,20,27H,6-15H2,1-5H3,(H,26,30)/t17-,20-/m0/s1. The van der Waals surface area contributed by atoms with Gasteiger partial charge in [-0.2, -0.15) is 0 Å². The third kappa shape index (κ3) is 6.16. The van der Waals surface area contributed by atoms with Gasteiger partial charge in [0.2, 0.25) is 5.91 Å². The first-order valence-corrected chi connectivity index (χ1v) is 12.4. The molecule has 2 atom stereocenters. The molecule has 0 aromatic carbocycles. The van der Waals surface area contributed by atoms with Crippen LogP contribution in [0.15, 0.2) is 0 Å². The van der Waals surface area contributed by atoms with Crippen molar-refractivity contribution in [1.29, 1.82) is 0 Å². The predicted molar refractivity (Wildman–Crippen MR) is 127 cm³/mol. The molecule has 33 heavy (non-hydrogen) atoms. The van der Waals surface area contributed by atoms with Crippen molar-refractivity contribution in [2.24, 2.45) is 5.92 Å². The van der Waals surface area contributed by atoms with Gasteiger partial charge in [-0.3, -0.25) is 14.5 Å². The van der Waals surface area contributed by atoms with Crippen LogP contribution in [0, 0.1) is 19.8 Å². The van der Waals surface area contributed by atoms with Gasteiger partial charge in [0.15, 0.2) is 0 Å². The second-order valence-corrected chi connectivity index (χ2v) is 9.84. The van der Waals surface area contributed by atoms with Gasteiger partial charge in [-0.15, -0.1) is 0 Å². The second kappa shape index (κ2) is 11.2. The molecule has 2 aliphatic heterocycles. The van der Waals surface area contributed by atoms with Gasteiger partial charge in [0.25, 0.3) is 5.91 Å². The summed E-state index contributed by atoms with van der Waals surface area (Å²) in [6, 6.07) is 0.577. The fourth-order valence-corrected chi connectivity index (χ4v) is 5.03. The van der Waals surface area contributed by atoms with Gasteiger partial charge in [0.1, 0.15) is 5.69 Å². The summed E-state index contributed by atoms with van der Waals surface area (Å²) in [6.07, 6.45) is 5.08. The number of H-pyrrole nitrogens is 1. The Morgan fingerprint density at radius 3 is 2.58 bits per heavy atom. The number of piperidine rings is 2. The molecule has 2 amide bonds. The highest BCUT2D eigenvalue weighted by atomic mass is 16.5. The van der Waals surface area contributed by atoms with Gasteiger partial charge in [-0.25, -0.2) is 4.79 Å². The molecule has 0 unspecified atom stereocenters. The Labute approximate surface area is 197 Å². The maximum atomic E-state index is 13.3. The van der Waals surface area contributed by atoms with E-state index in [1.807, 2.05) is 0 Å². The van der Waals surface area contributed by atoms with Crippen LogP contribution in [0.3, 0.4) is 0 Å². The summed E-state index contributed by atoms with van der Waals surface area (Å²) in [7, 11) is 0. The first-order valence-electron chi connectivity index (χ1n) is 12.4. The van der Waals surface area contributed by atoms with Gasteiger partial charge in [0.05, 0.1) is 17.6 Å². The molecule has 184 valence electrons. The van der Waals surface area contributed by atoms with E-state index in [2.05, 4.69) is 22.1 Å². The molecule has 3 rings (SSSR count). The number of aromatic amines is 1. The van der Waals surface area contributed by atoms with E-state index in [1.54, 1.807) is 32.6 Å². The van der Waals surface area contributed by atoms with Crippen molar-refractivity contribution in [2.75, 3.05) is 32.7 Å². The van der Waals surface area contributed by atoms with Crippen molar-refractivity contribution in [1.82, 2.24) is 20.1 Å². The third-order valence-electron chi connectivity index (χ3n) is 6.92. The van der Waals surface area contributed by atoms with Crippen LogP contribution in [0.1, 0.15) is 85.0 Å². The largest absolute Gasteiger partial charge is 0.459 e. The highest BCUT2D eigenvalue weighted by molar-refractivity contribution is 6.00. The highest BCUT2D eigenvalue weighted by Gasteiger charge is 2.32. The number of carbonyl (C=O) groups excluding carboxylic acids is 3. The van der Waals surface area contributed by atoms with Gasteiger partial charge < -0.3 is 19.9 Å². The molecule has 2 aliphatic rings. The monoisotopic (exact) mass is 460 g/mol. The van der Waals surface area contributed by atoms with Gasteiger partial charge in [-0.1, -0.05) is 6.42 Å². The van der Waals surface area contributed by atoms with Gasteiger partial charge in [0, 0.05) is 37.9 Å². The van der Waals surface area contributed by atoms with E-state index in [-0.39, 0.29) is 23.8 Å². The molecule has 0 aliphatic carbocycles. The van der Waals surface area contributed by atoms with Crippen LogP contribution in [0.5, 0.6) is 0 Å². The summed E-state index contributed by atoms with van der Waals surface area (Å²) < 4.78 is 5.33. The Kier molecular flexibility index (Phi) is 8.57. The minimum atomic E-state index is -0.422. The number of aryl methyl sites for hydroxylation is 1. The Bertz CT molecular complexity index is 863. The Morgan fingerprint density at radius 2 is 1.88 bits per heavy atom. The summed E-state index contributed by atoms with van der Waals surface area (Å²) in [4.78, 5) is 45.8. The molecule has 2 saturated heterocycles. The fourth-order valence-electron chi connectivity index (χ4n) is 5.03. The molecule has 0 saturated carbocycles. The number of ether oxygens (including phenoxy) is 1. The van der Waals surface area contributed by atoms with Gasteiger partial charge in [-0.05, 0) is 72.4 Å². The van der Waals surface area contributed by atoms with Crippen LogP contribution in [0.4, 0.5) is 0 Å². The number of carbonyl (C=O) groups is 3. The van der Waals surface area contributed by atoms with Crippen molar-refractivity contribution in [2.45, 2.75) is 78.9 Å². The molecule has 3 heterocycles. The van der Waals surface area contributed by atoms with Crippen molar-refractivity contribution in [3.05, 3.63) is 22.5 Å². The fraction of sp³-hybridized carbons (Fsp3) is 0.720. The lowest BCUT2D eigenvalue weighted by atomic mass is 9.96. The smallest absolute Gasteiger partial charge is 0.340 e. The van der Waals surface area contributed by atoms with E-state index in [1.165, 1.54) is 19.3 Å². The number of rotatable bonds is 7. The number of aromatic nitrogens is 1. The molecule has 0 radical (unpaired) electrons. The van der Waals surface area contributed by atoms with Crippen molar-refractivity contribution in [3.63, 3.8) is 0 Å². The van der Waals surface area contributed by atoms with Crippen LogP contribution >= 0.6 is 0 Å². The normalized spacial score (nSPS) is 21.8. The first kappa shape index (κ1) is 25.3. The lowest BCUT2D eigenvalue weighted by Crippen LogP contribution is -2.47. The van der Waals surface area contributed by atoms with E-state index in [9.17, 15) is 14.4 Å². The topological polar surface area (TPSA) is 94.7 Å². The second-order valence-electron chi connectivity index (χ2n) is 9.84. The summed E-state index contributed by atoms with van der Waals surface area (Å²) in [5.41, 5.74) is 2.05. The number of hydrogen-bond donors (Lipinski definition) is 2. The molecule has 8 heteroatoms. The van der Waals surface area contributed by atoms with E-state index < -0.39 is 5.97 Å². The van der Waals surface area contributed by atoms with Crippen molar-refractivity contribution in [3.8, 4) is 0 Å². The molecule has 2 N–H and O–H groups in total. The van der Waals surface area contributed by atoms with E-state index >= 15 is 0 Å². The molecular weight excluding hydrogens is 420 g/mol. The Hall–Kier alpha value is -2.35. The number of esters is 1. The lowest BCUT2D eigenvalue weighted by molar-refractivity contribution is -0.126. The van der Waals surface area contributed by atoms with Crippen LogP contribution in [0.25, 0.3) is 0 Å². The van der Waals surface area contributed by atoms with Crippen molar-refractivity contribution < 1.29 is 19.1 Å². The van der Waals surface area contributed by atoms with Gasteiger partial charge >= 0.3 is 5.97 Å². The number of amides is 2. The number of nitrogens with zero attached hydrogens (tertiary/aromatic N) is 2. The number of nitrogens with one attached hydrogen (secondary N) is 2. The SMILES string of the molecule is Cc1[nH]c(C(=O)N2CCC[C@H](C(=O)NCCN3CCCC[C@@H]3C)C2)c(C)c1C(=O)OC(C)C. The zero-order valence-corrected chi connectivity index (χ0v) is 20.8. The van der Waals surface area contributed by atoms with E-state index in [0.29, 0.717) is 48.2 Å². The average molecular weight is 461 g/mol. The zero-order chi connectivity index (χ0) is 24.1.